The zero-order valence-electron chi connectivity index (χ0n) is 9.44. The van der Waals surface area contributed by atoms with Crippen LogP contribution in [0.4, 0.5) is 0 Å². The first-order valence-electron chi connectivity index (χ1n) is 5.29. The quantitative estimate of drug-likeness (QED) is 0.811. The SMILES string of the molecule is CC(C)NCc1cnc(-c2ccncn2)[nH]1. The van der Waals surface area contributed by atoms with Gasteiger partial charge in [-0.25, -0.2) is 15.0 Å². The van der Waals surface area contributed by atoms with E-state index in [2.05, 4.69) is 39.1 Å². The van der Waals surface area contributed by atoms with Gasteiger partial charge in [0.25, 0.3) is 0 Å². The zero-order chi connectivity index (χ0) is 11.4. The molecule has 0 radical (unpaired) electrons. The predicted molar refractivity (Wildman–Crippen MR) is 61.6 cm³/mol. The molecule has 5 heteroatoms. The van der Waals surface area contributed by atoms with Crippen molar-refractivity contribution in [2.45, 2.75) is 26.4 Å². The number of hydrogen-bond acceptors (Lipinski definition) is 4. The highest BCUT2D eigenvalue weighted by atomic mass is 15.0. The Hall–Kier alpha value is -1.75. The van der Waals surface area contributed by atoms with Crippen LogP contribution >= 0.6 is 0 Å². The Morgan fingerprint density at radius 2 is 2.25 bits per heavy atom. The van der Waals surface area contributed by atoms with Crippen molar-refractivity contribution in [2.24, 2.45) is 0 Å². The molecule has 0 unspecified atom stereocenters. The minimum absolute atomic E-state index is 0.464. The Morgan fingerprint density at radius 3 is 2.94 bits per heavy atom. The molecule has 0 bridgehead atoms. The van der Waals surface area contributed by atoms with Gasteiger partial charge in [0.05, 0.1) is 6.20 Å². The molecule has 2 aromatic heterocycles. The minimum Gasteiger partial charge on any atom is -0.339 e. The maximum absolute atomic E-state index is 4.28. The number of H-pyrrole nitrogens is 1. The number of hydrogen-bond donors (Lipinski definition) is 2. The Balaban J connectivity index is 2.08. The van der Waals surface area contributed by atoms with Gasteiger partial charge in [-0.05, 0) is 6.07 Å². The number of aromatic amines is 1. The minimum atomic E-state index is 0.464. The van der Waals surface area contributed by atoms with Crippen LogP contribution in [-0.2, 0) is 6.54 Å². The highest BCUT2D eigenvalue weighted by Gasteiger charge is 2.04. The molecule has 2 heterocycles. The fourth-order valence-corrected chi connectivity index (χ4v) is 1.32. The van der Waals surface area contributed by atoms with E-state index in [1.807, 2.05) is 12.3 Å². The van der Waals surface area contributed by atoms with Crippen LogP contribution in [0.3, 0.4) is 0 Å². The Morgan fingerprint density at radius 1 is 1.38 bits per heavy atom. The van der Waals surface area contributed by atoms with Crippen LogP contribution in [-0.4, -0.2) is 26.0 Å². The monoisotopic (exact) mass is 217 g/mol. The molecular formula is C11H15N5. The summed E-state index contributed by atoms with van der Waals surface area (Å²) in [6.07, 6.45) is 5.05. The average molecular weight is 217 g/mol. The summed E-state index contributed by atoms with van der Waals surface area (Å²) in [6.45, 7) is 5.01. The van der Waals surface area contributed by atoms with Crippen LogP contribution in [0.25, 0.3) is 11.5 Å². The first-order chi connectivity index (χ1) is 7.75. The summed E-state index contributed by atoms with van der Waals surface area (Å²) in [4.78, 5) is 15.5. The Bertz CT molecular complexity index is 435. The second kappa shape index (κ2) is 4.85. The average Bonchev–Trinajstić information content (AvgIpc) is 2.76. The topological polar surface area (TPSA) is 66.5 Å². The van der Waals surface area contributed by atoms with Gasteiger partial charge < -0.3 is 10.3 Å². The van der Waals surface area contributed by atoms with Crippen molar-refractivity contribution in [3.63, 3.8) is 0 Å². The van der Waals surface area contributed by atoms with Crippen LogP contribution in [0, 0.1) is 0 Å². The van der Waals surface area contributed by atoms with Gasteiger partial charge in [-0.2, -0.15) is 0 Å². The summed E-state index contributed by atoms with van der Waals surface area (Å²) in [5.41, 5.74) is 1.87. The van der Waals surface area contributed by atoms with Gasteiger partial charge in [0.15, 0.2) is 5.82 Å². The summed E-state index contributed by atoms with van der Waals surface area (Å²) >= 11 is 0. The van der Waals surface area contributed by atoms with E-state index in [9.17, 15) is 0 Å². The summed E-state index contributed by atoms with van der Waals surface area (Å²) in [7, 11) is 0. The molecule has 2 rings (SSSR count). The second-order valence-corrected chi connectivity index (χ2v) is 3.89. The number of aromatic nitrogens is 4. The molecule has 0 atom stereocenters. The summed E-state index contributed by atoms with van der Waals surface area (Å²) in [5, 5.41) is 3.32. The van der Waals surface area contributed by atoms with Crippen LogP contribution < -0.4 is 5.32 Å². The molecule has 0 spiro atoms. The lowest BCUT2D eigenvalue weighted by Gasteiger charge is -2.05. The normalized spacial score (nSPS) is 10.9. The third-order valence-corrected chi connectivity index (χ3v) is 2.15. The van der Waals surface area contributed by atoms with E-state index in [1.165, 1.54) is 6.33 Å². The van der Waals surface area contributed by atoms with E-state index >= 15 is 0 Å². The van der Waals surface area contributed by atoms with Gasteiger partial charge in [-0.15, -0.1) is 0 Å². The van der Waals surface area contributed by atoms with Crippen molar-refractivity contribution >= 4 is 0 Å². The largest absolute Gasteiger partial charge is 0.339 e. The lowest BCUT2D eigenvalue weighted by molar-refractivity contribution is 0.583. The lowest BCUT2D eigenvalue weighted by Crippen LogP contribution is -2.21. The first kappa shape index (κ1) is 10.8. The third-order valence-electron chi connectivity index (χ3n) is 2.15. The zero-order valence-corrected chi connectivity index (χ0v) is 9.44. The predicted octanol–water partition coefficient (Wildman–Crippen LogP) is 1.36. The molecule has 0 aromatic carbocycles. The van der Waals surface area contributed by atoms with Crippen molar-refractivity contribution in [2.75, 3.05) is 0 Å². The van der Waals surface area contributed by atoms with E-state index < -0.39 is 0 Å². The van der Waals surface area contributed by atoms with E-state index in [0.29, 0.717) is 6.04 Å². The lowest BCUT2D eigenvalue weighted by atomic mass is 10.3. The molecule has 0 saturated heterocycles. The van der Waals surface area contributed by atoms with E-state index in [4.69, 9.17) is 0 Å². The van der Waals surface area contributed by atoms with E-state index in [-0.39, 0.29) is 0 Å². The molecular weight excluding hydrogens is 202 g/mol. The summed E-state index contributed by atoms with van der Waals surface area (Å²) in [6, 6.07) is 2.30. The van der Waals surface area contributed by atoms with Crippen molar-refractivity contribution in [3.8, 4) is 11.5 Å². The Labute approximate surface area is 94.4 Å². The number of rotatable bonds is 4. The maximum Gasteiger partial charge on any atom is 0.156 e. The molecule has 84 valence electrons. The smallest absolute Gasteiger partial charge is 0.156 e. The summed E-state index contributed by atoms with van der Waals surface area (Å²) in [5.74, 6) is 0.781. The molecule has 16 heavy (non-hydrogen) atoms. The molecule has 0 fully saturated rings. The highest BCUT2D eigenvalue weighted by molar-refractivity contribution is 5.47. The molecule has 0 aliphatic heterocycles. The van der Waals surface area contributed by atoms with Crippen molar-refractivity contribution in [1.82, 2.24) is 25.3 Å². The van der Waals surface area contributed by atoms with Crippen molar-refractivity contribution < 1.29 is 0 Å². The molecule has 0 saturated carbocycles. The molecule has 2 N–H and O–H groups in total. The van der Waals surface area contributed by atoms with Gasteiger partial charge >= 0.3 is 0 Å². The third kappa shape index (κ3) is 2.64. The van der Waals surface area contributed by atoms with Crippen LogP contribution in [0.1, 0.15) is 19.5 Å². The summed E-state index contributed by atoms with van der Waals surface area (Å²) < 4.78 is 0. The molecule has 2 aromatic rings. The molecule has 0 amide bonds. The van der Waals surface area contributed by atoms with Crippen LogP contribution in [0.15, 0.2) is 24.8 Å². The van der Waals surface area contributed by atoms with Crippen molar-refractivity contribution in [3.05, 3.63) is 30.5 Å². The molecule has 5 nitrogen and oxygen atoms in total. The van der Waals surface area contributed by atoms with Crippen LogP contribution in [0.5, 0.6) is 0 Å². The van der Waals surface area contributed by atoms with Gasteiger partial charge in [0.2, 0.25) is 0 Å². The van der Waals surface area contributed by atoms with Gasteiger partial charge in [0.1, 0.15) is 12.0 Å². The Kier molecular flexibility index (Phi) is 3.26. The standard InChI is InChI=1S/C11H15N5/c1-8(2)13-5-9-6-14-11(16-9)10-3-4-12-7-15-10/h3-4,6-8,13H,5H2,1-2H3,(H,14,16). The number of nitrogens with one attached hydrogen (secondary N) is 2. The van der Waals surface area contributed by atoms with Crippen molar-refractivity contribution in [1.29, 1.82) is 0 Å². The number of nitrogens with zero attached hydrogens (tertiary/aromatic N) is 3. The van der Waals surface area contributed by atoms with Gasteiger partial charge in [-0.1, -0.05) is 13.8 Å². The first-order valence-corrected chi connectivity index (χ1v) is 5.29. The maximum atomic E-state index is 4.28. The number of imidazole rings is 1. The molecule has 0 aliphatic carbocycles. The van der Waals surface area contributed by atoms with E-state index in [0.717, 1.165) is 23.8 Å². The van der Waals surface area contributed by atoms with Gasteiger partial charge in [-0.3, -0.25) is 0 Å². The fraction of sp³-hybridized carbons (Fsp3) is 0.364. The van der Waals surface area contributed by atoms with Crippen LogP contribution in [0.2, 0.25) is 0 Å². The second-order valence-electron chi connectivity index (χ2n) is 3.89. The van der Waals surface area contributed by atoms with Gasteiger partial charge in [0, 0.05) is 24.5 Å². The highest BCUT2D eigenvalue weighted by Crippen LogP contribution is 2.10. The molecule has 0 aliphatic rings. The fourth-order valence-electron chi connectivity index (χ4n) is 1.32. The van der Waals surface area contributed by atoms with E-state index in [1.54, 1.807) is 6.20 Å².